The van der Waals surface area contributed by atoms with Gasteiger partial charge < -0.3 is 10.2 Å². The van der Waals surface area contributed by atoms with E-state index in [1.54, 1.807) is 4.68 Å². The average molecular weight is 390 g/mol. The van der Waals surface area contributed by atoms with Gasteiger partial charge in [0.2, 0.25) is 0 Å². The number of nitrogens with one attached hydrogen (secondary N) is 1. The number of rotatable bonds is 7. The summed E-state index contributed by atoms with van der Waals surface area (Å²) in [6, 6.07) is 7.48. The third-order valence-electron chi connectivity index (χ3n) is 5.09. The van der Waals surface area contributed by atoms with E-state index in [1.807, 2.05) is 29.2 Å². The van der Waals surface area contributed by atoms with Crippen molar-refractivity contribution in [2.45, 2.75) is 39.5 Å². The van der Waals surface area contributed by atoms with E-state index >= 15 is 0 Å². The molecule has 2 heterocycles. The number of aromatic nitrogens is 3. The van der Waals surface area contributed by atoms with Crippen molar-refractivity contribution >= 4 is 17.5 Å². The van der Waals surface area contributed by atoms with E-state index in [4.69, 9.17) is 11.6 Å². The van der Waals surface area contributed by atoms with Gasteiger partial charge in [-0.25, -0.2) is 4.68 Å². The zero-order valence-corrected chi connectivity index (χ0v) is 16.9. The van der Waals surface area contributed by atoms with Gasteiger partial charge in [0.1, 0.15) is 0 Å². The lowest BCUT2D eigenvalue weighted by Gasteiger charge is -2.31. The Balaban J connectivity index is 1.77. The summed E-state index contributed by atoms with van der Waals surface area (Å²) < 4.78 is 1.75. The zero-order chi connectivity index (χ0) is 19.2. The Morgan fingerprint density at radius 3 is 2.74 bits per heavy atom. The number of benzene rings is 1. The van der Waals surface area contributed by atoms with Crippen LogP contribution in [-0.2, 0) is 6.42 Å². The molecule has 7 heteroatoms. The highest BCUT2D eigenvalue weighted by atomic mass is 35.5. The molecule has 1 amide bonds. The van der Waals surface area contributed by atoms with Crippen LogP contribution in [0.4, 0.5) is 0 Å². The minimum absolute atomic E-state index is 0.00590. The number of carbonyl (C=O) groups is 1. The van der Waals surface area contributed by atoms with Crippen molar-refractivity contribution < 1.29 is 4.79 Å². The fourth-order valence-corrected chi connectivity index (χ4v) is 3.77. The molecule has 0 aliphatic carbocycles. The molecule has 1 fully saturated rings. The predicted molar refractivity (Wildman–Crippen MR) is 108 cm³/mol. The second kappa shape index (κ2) is 9.33. The van der Waals surface area contributed by atoms with Crippen LogP contribution in [0.5, 0.6) is 0 Å². The molecule has 146 valence electrons. The Hall–Kier alpha value is -1.92. The van der Waals surface area contributed by atoms with Crippen molar-refractivity contribution in [2.24, 2.45) is 5.92 Å². The maximum atomic E-state index is 13.1. The topological polar surface area (TPSA) is 63.1 Å². The highest BCUT2D eigenvalue weighted by molar-refractivity contribution is 6.30. The summed E-state index contributed by atoms with van der Waals surface area (Å²) in [5.74, 6) is 0.639. The summed E-state index contributed by atoms with van der Waals surface area (Å²) in [5, 5.41) is 12.6. The number of hydrogen-bond donors (Lipinski definition) is 1. The van der Waals surface area contributed by atoms with E-state index in [0.29, 0.717) is 16.6 Å². The lowest BCUT2D eigenvalue weighted by atomic mass is 9.96. The summed E-state index contributed by atoms with van der Waals surface area (Å²) in [6.45, 7) is 7.80. The Morgan fingerprint density at radius 2 is 2.07 bits per heavy atom. The second-order valence-corrected chi connectivity index (χ2v) is 7.51. The third-order valence-corrected chi connectivity index (χ3v) is 5.33. The van der Waals surface area contributed by atoms with Crippen LogP contribution in [0, 0.1) is 5.92 Å². The molecular weight excluding hydrogens is 362 g/mol. The number of carbonyl (C=O) groups excluding carboxylic acids is 1. The summed E-state index contributed by atoms with van der Waals surface area (Å²) in [5.41, 5.74) is 2.17. The van der Waals surface area contributed by atoms with Crippen LogP contribution in [0.2, 0.25) is 5.02 Å². The van der Waals surface area contributed by atoms with Crippen LogP contribution in [0.1, 0.15) is 49.3 Å². The molecule has 0 radical (unpaired) electrons. The summed E-state index contributed by atoms with van der Waals surface area (Å²) >= 11 is 6.12. The van der Waals surface area contributed by atoms with Crippen molar-refractivity contribution in [2.75, 3.05) is 26.2 Å². The highest BCUT2D eigenvalue weighted by Crippen LogP contribution is 2.22. The van der Waals surface area contributed by atoms with Crippen molar-refractivity contribution in [1.29, 1.82) is 0 Å². The molecule has 3 rings (SSSR count). The molecule has 1 saturated heterocycles. The SMILES string of the molecule is CCCc1c(C(=O)N2CCC(CNCC)CC2)nnn1-c1cccc(Cl)c1. The first-order valence-electron chi connectivity index (χ1n) is 9.84. The quantitative estimate of drug-likeness (QED) is 0.788. The third kappa shape index (κ3) is 4.68. The van der Waals surface area contributed by atoms with E-state index in [9.17, 15) is 4.79 Å². The molecule has 1 aromatic carbocycles. The van der Waals surface area contributed by atoms with E-state index in [1.165, 1.54) is 0 Å². The summed E-state index contributed by atoms with van der Waals surface area (Å²) in [4.78, 5) is 15.0. The van der Waals surface area contributed by atoms with Crippen molar-refractivity contribution in [3.8, 4) is 5.69 Å². The maximum Gasteiger partial charge on any atom is 0.276 e. The van der Waals surface area contributed by atoms with E-state index in [-0.39, 0.29) is 5.91 Å². The first-order valence-corrected chi connectivity index (χ1v) is 10.2. The largest absolute Gasteiger partial charge is 0.337 e. The first-order chi connectivity index (χ1) is 13.1. The Labute approximate surface area is 165 Å². The molecule has 0 atom stereocenters. The standard InChI is InChI=1S/C20H28ClN5O/c1-3-6-18-19(23-24-26(18)17-8-5-7-16(21)13-17)20(27)25-11-9-15(10-12-25)14-22-4-2/h5,7-8,13,15,22H,3-4,6,9-12,14H2,1-2H3. The van der Waals surface area contributed by atoms with Crippen molar-refractivity contribution in [3.63, 3.8) is 0 Å². The smallest absolute Gasteiger partial charge is 0.276 e. The summed E-state index contributed by atoms with van der Waals surface area (Å²) in [6.07, 6.45) is 3.73. The van der Waals surface area contributed by atoms with Crippen molar-refractivity contribution in [1.82, 2.24) is 25.2 Å². The lowest BCUT2D eigenvalue weighted by Crippen LogP contribution is -2.41. The minimum atomic E-state index is -0.00590. The zero-order valence-electron chi connectivity index (χ0n) is 16.1. The van der Waals surface area contributed by atoms with E-state index < -0.39 is 0 Å². The van der Waals surface area contributed by atoms with Gasteiger partial charge in [0, 0.05) is 18.1 Å². The van der Waals surface area contributed by atoms with Gasteiger partial charge in [-0.05, 0) is 56.5 Å². The molecule has 6 nitrogen and oxygen atoms in total. The van der Waals surface area contributed by atoms with Crippen molar-refractivity contribution in [3.05, 3.63) is 40.7 Å². The van der Waals surface area contributed by atoms with Gasteiger partial charge in [0.25, 0.3) is 5.91 Å². The molecule has 2 aromatic rings. The predicted octanol–water partition coefficient (Wildman–Crippen LogP) is 3.33. The average Bonchev–Trinajstić information content (AvgIpc) is 3.10. The number of piperidine rings is 1. The normalized spacial score (nSPS) is 15.3. The Morgan fingerprint density at radius 1 is 1.30 bits per heavy atom. The first kappa shape index (κ1) is 19.8. The van der Waals surface area contributed by atoms with Crippen LogP contribution >= 0.6 is 11.6 Å². The number of likely N-dealkylation sites (tertiary alicyclic amines) is 1. The van der Waals surface area contributed by atoms with Gasteiger partial charge in [-0.15, -0.1) is 5.10 Å². The molecule has 0 unspecified atom stereocenters. The molecular formula is C20H28ClN5O. The highest BCUT2D eigenvalue weighted by Gasteiger charge is 2.28. The van der Waals surface area contributed by atoms with Crippen LogP contribution < -0.4 is 5.32 Å². The van der Waals surface area contributed by atoms with Crippen LogP contribution in [-0.4, -0.2) is 52.0 Å². The van der Waals surface area contributed by atoms with Gasteiger partial charge in [0.15, 0.2) is 5.69 Å². The number of halogens is 1. The molecule has 0 saturated carbocycles. The minimum Gasteiger partial charge on any atom is -0.337 e. The Kier molecular flexibility index (Phi) is 6.85. The molecule has 1 aliphatic rings. The van der Waals surface area contributed by atoms with E-state index in [2.05, 4.69) is 29.5 Å². The number of hydrogen-bond acceptors (Lipinski definition) is 4. The molecule has 1 aromatic heterocycles. The molecule has 1 N–H and O–H groups in total. The molecule has 0 bridgehead atoms. The van der Waals surface area contributed by atoms with Crippen LogP contribution in [0.15, 0.2) is 24.3 Å². The monoisotopic (exact) mass is 389 g/mol. The lowest BCUT2D eigenvalue weighted by molar-refractivity contribution is 0.0683. The van der Waals surface area contributed by atoms with Crippen LogP contribution in [0.3, 0.4) is 0 Å². The van der Waals surface area contributed by atoms with Gasteiger partial charge >= 0.3 is 0 Å². The number of nitrogens with zero attached hydrogens (tertiary/aromatic N) is 4. The fraction of sp³-hybridized carbons (Fsp3) is 0.550. The van der Waals surface area contributed by atoms with Crippen LogP contribution in [0.25, 0.3) is 5.69 Å². The van der Waals surface area contributed by atoms with Gasteiger partial charge in [-0.1, -0.05) is 43.1 Å². The van der Waals surface area contributed by atoms with E-state index in [0.717, 1.165) is 63.2 Å². The molecule has 27 heavy (non-hydrogen) atoms. The van der Waals surface area contributed by atoms with Gasteiger partial charge in [0.05, 0.1) is 11.4 Å². The van der Waals surface area contributed by atoms with Gasteiger partial charge in [-0.3, -0.25) is 4.79 Å². The molecule has 1 aliphatic heterocycles. The Bertz CT molecular complexity index is 767. The summed E-state index contributed by atoms with van der Waals surface area (Å²) in [7, 11) is 0. The molecule has 0 spiro atoms. The fourth-order valence-electron chi connectivity index (χ4n) is 3.58. The number of amides is 1. The van der Waals surface area contributed by atoms with Gasteiger partial charge in [-0.2, -0.15) is 0 Å². The second-order valence-electron chi connectivity index (χ2n) is 7.07. The maximum absolute atomic E-state index is 13.1.